The number of pyridine rings is 1. The molecule has 2 atom stereocenters. The number of phenols is 1. The summed E-state index contributed by atoms with van der Waals surface area (Å²) in [5.74, 6) is 1.48. The number of aliphatic hydroxyl groups is 1. The summed E-state index contributed by atoms with van der Waals surface area (Å²) < 4.78 is 0. The van der Waals surface area contributed by atoms with E-state index in [0.717, 1.165) is 36.3 Å². The number of hydrogen-bond acceptors (Lipinski definition) is 7. The Kier molecular flexibility index (Phi) is 6.81. The molecule has 1 saturated carbocycles. The Morgan fingerprint density at radius 1 is 1.28 bits per heavy atom. The number of benzene rings is 1. The van der Waals surface area contributed by atoms with E-state index < -0.39 is 6.10 Å². The summed E-state index contributed by atoms with van der Waals surface area (Å²) in [6, 6.07) is 9.14. The first kappa shape index (κ1) is 22.4. The number of nitrogens with zero attached hydrogens (tertiary/aromatic N) is 2. The molecule has 1 aliphatic heterocycles. The van der Waals surface area contributed by atoms with Crippen LogP contribution in [0, 0.1) is 0 Å². The minimum absolute atomic E-state index is 0.149. The van der Waals surface area contributed by atoms with Crippen LogP contribution in [0.5, 0.6) is 5.75 Å². The van der Waals surface area contributed by atoms with Crippen LogP contribution >= 0.6 is 0 Å². The number of carbonyl (C=O) groups is 1. The predicted octanol–water partition coefficient (Wildman–Crippen LogP) is 2.01. The van der Waals surface area contributed by atoms with Crippen molar-refractivity contribution in [2.45, 2.75) is 57.3 Å². The van der Waals surface area contributed by atoms with Gasteiger partial charge in [0, 0.05) is 44.3 Å². The summed E-state index contributed by atoms with van der Waals surface area (Å²) >= 11 is 0. The molecule has 0 radical (unpaired) electrons. The normalized spacial score (nSPS) is 18.9. The summed E-state index contributed by atoms with van der Waals surface area (Å²) in [4.78, 5) is 19.6. The number of aromatic hydroxyl groups is 1. The molecule has 172 valence electrons. The van der Waals surface area contributed by atoms with Crippen molar-refractivity contribution in [3.63, 3.8) is 0 Å². The van der Waals surface area contributed by atoms with Crippen molar-refractivity contribution in [3.05, 3.63) is 47.0 Å². The summed E-state index contributed by atoms with van der Waals surface area (Å²) in [6.07, 6.45) is 3.38. The first-order valence-electron chi connectivity index (χ1n) is 11.4. The Hall–Kier alpha value is -2.84. The molecule has 0 saturated heterocycles. The summed E-state index contributed by atoms with van der Waals surface area (Å²) in [6.45, 7) is 3.55. The molecule has 1 aliphatic carbocycles. The van der Waals surface area contributed by atoms with E-state index in [1.165, 1.54) is 6.42 Å². The smallest absolute Gasteiger partial charge is 0.251 e. The van der Waals surface area contributed by atoms with Crippen molar-refractivity contribution >= 4 is 17.5 Å². The van der Waals surface area contributed by atoms with Gasteiger partial charge in [-0.3, -0.25) is 4.79 Å². The lowest BCUT2D eigenvalue weighted by atomic mass is 9.92. The number of amides is 1. The molecule has 1 fully saturated rings. The molecule has 0 spiro atoms. The summed E-state index contributed by atoms with van der Waals surface area (Å²) in [5.41, 5.74) is 2.67. The monoisotopic (exact) mass is 439 g/mol. The molecule has 2 heterocycles. The molecule has 4 rings (SSSR count). The lowest BCUT2D eigenvalue weighted by Crippen LogP contribution is -2.49. The minimum Gasteiger partial charge on any atom is -0.508 e. The van der Waals surface area contributed by atoms with Gasteiger partial charge < -0.3 is 31.1 Å². The number of anilines is 2. The van der Waals surface area contributed by atoms with Crippen LogP contribution in [0.3, 0.4) is 0 Å². The zero-order valence-electron chi connectivity index (χ0n) is 18.8. The van der Waals surface area contributed by atoms with Crippen molar-refractivity contribution in [2.75, 3.05) is 30.4 Å². The molecular formula is C24H33N5O3. The van der Waals surface area contributed by atoms with Crippen LogP contribution in [-0.2, 0) is 13.0 Å². The van der Waals surface area contributed by atoms with Gasteiger partial charge >= 0.3 is 0 Å². The maximum atomic E-state index is 12.9. The Labute approximate surface area is 189 Å². The van der Waals surface area contributed by atoms with Crippen LogP contribution < -0.4 is 20.9 Å². The zero-order chi connectivity index (χ0) is 22.7. The molecule has 2 aromatic rings. The van der Waals surface area contributed by atoms with Crippen molar-refractivity contribution in [3.8, 4) is 5.75 Å². The van der Waals surface area contributed by atoms with Crippen LogP contribution in [0.15, 0.2) is 30.3 Å². The number of aromatic nitrogens is 1. The standard InChI is InChI=1S/C24H33N5O3/c1-3-29(2)23-12-16(11-22(28-23)27-18-5-4-6-18)24(32)26-14-21(31)20-10-15-7-8-19(30)9-17(15)13-25-20/h7-9,11-12,18,20-21,25,30-31H,3-6,10,13-14H2,1-2H3,(H,26,32)(H,27,28). The van der Waals surface area contributed by atoms with Crippen molar-refractivity contribution in [1.29, 1.82) is 0 Å². The molecule has 2 unspecified atom stereocenters. The first-order valence-corrected chi connectivity index (χ1v) is 11.4. The number of rotatable bonds is 8. The fraction of sp³-hybridized carbons (Fsp3) is 0.500. The highest BCUT2D eigenvalue weighted by molar-refractivity contribution is 5.95. The van der Waals surface area contributed by atoms with Crippen molar-refractivity contribution < 1.29 is 15.0 Å². The number of aliphatic hydroxyl groups excluding tert-OH is 1. The van der Waals surface area contributed by atoms with Crippen molar-refractivity contribution in [2.24, 2.45) is 0 Å². The SMILES string of the molecule is CCN(C)c1cc(C(=O)NCC(O)C2Cc3ccc(O)cc3CN2)cc(NC2CCC2)n1. The second-order valence-corrected chi connectivity index (χ2v) is 8.81. The van der Waals surface area contributed by atoms with Gasteiger partial charge in [-0.1, -0.05) is 6.07 Å². The van der Waals surface area contributed by atoms with Crippen LogP contribution in [0.1, 0.15) is 47.7 Å². The highest BCUT2D eigenvalue weighted by Gasteiger charge is 2.25. The highest BCUT2D eigenvalue weighted by atomic mass is 16.3. The average Bonchev–Trinajstić information content (AvgIpc) is 2.78. The van der Waals surface area contributed by atoms with Gasteiger partial charge in [0.1, 0.15) is 17.4 Å². The molecule has 8 heteroatoms. The first-order chi connectivity index (χ1) is 15.4. The molecule has 32 heavy (non-hydrogen) atoms. The topological polar surface area (TPSA) is 110 Å². The highest BCUT2D eigenvalue weighted by Crippen LogP contribution is 2.25. The predicted molar refractivity (Wildman–Crippen MR) is 125 cm³/mol. The third kappa shape index (κ3) is 5.14. The number of fused-ring (bicyclic) bond motifs is 1. The Morgan fingerprint density at radius 2 is 2.09 bits per heavy atom. The molecule has 0 bridgehead atoms. The fourth-order valence-corrected chi connectivity index (χ4v) is 4.08. The third-order valence-corrected chi connectivity index (χ3v) is 6.52. The molecule has 8 nitrogen and oxygen atoms in total. The Bertz CT molecular complexity index is 963. The van der Waals surface area contributed by atoms with E-state index >= 15 is 0 Å². The maximum Gasteiger partial charge on any atom is 0.251 e. The third-order valence-electron chi connectivity index (χ3n) is 6.52. The molecule has 1 amide bonds. The van der Waals surface area contributed by atoms with E-state index in [1.54, 1.807) is 24.3 Å². The van der Waals surface area contributed by atoms with E-state index in [-0.39, 0.29) is 24.2 Å². The van der Waals surface area contributed by atoms with E-state index in [9.17, 15) is 15.0 Å². The van der Waals surface area contributed by atoms with Gasteiger partial charge in [0.2, 0.25) is 0 Å². The van der Waals surface area contributed by atoms with Gasteiger partial charge in [-0.05, 0) is 68.0 Å². The van der Waals surface area contributed by atoms with Crippen LogP contribution in [0.25, 0.3) is 0 Å². The van der Waals surface area contributed by atoms with Gasteiger partial charge in [-0.25, -0.2) is 4.98 Å². The van der Waals surface area contributed by atoms with E-state index in [1.807, 2.05) is 24.9 Å². The van der Waals surface area contributed by atoms with E-state index in [0.29, 0.717) is 30.4 Å². The van der Waals surface area contributed by atoms with Gasteiger partial charge in [0.25, 0.3) is 5.91 Å². The summed E-state index contributed by atoms with van der Waals surface area (Å²) in [5, 5.41) is 29.9. The van der Waals surface area contributed by atoms with Crippen molar-refractivity contribution in [1.82, 2.24) is 15.6 Å². The molecule has 1 aromatic carbocycles. The maximum absolute atomic E-state index is 12.9. The Balaban J connectivity index is 1.39. The minimum atomic E-state index is -0.729. The molecular weight excluding hydrogens is 406 g/mol. The van der Waals surface area contributed by atoms with Crippen LogP contribution in [0.2, 0.25) is 0 Å². The second kappa shape index (κ2) is 9.75. The lowest BCUT2D eigenvalue weighted by molar-refractivity contribution is 0.0870. The largest absolute Gasteiger partial charge is 0.508 e. The quantitative estimate of drug-likeness (QED) is 0.428. The second-order valence-electron chi connectivity index (χ2n) is 8.81. The van der Waals surface area contributed by atoms with E-state index in [2.05, 4.69) is 20.9 Å². The number of phenolic OH excluding ortho intramolecular Hbond substituents is 1. The van der Waals surface area contributed by atoms with Gasteiger partial charge in [0.15, 0.2) is 0 Å². The molecule has 5 N–H and O–H groups in total. The molecule has 2 aliphatic rings. The van der Waals surface area contributed by atoms with Gasteiger partial charge in [-0.2, -0.15) is 0 Å². The fourth-order valence-electron chi connectivity index (χ4n) is 4.08. The average molecular weight is 440 g/mol. The number of carbonyl (C=O) groups excluding carboxylic acids is 1. The zero-order valence-corrected chi connectivity index (χ0v) is 18.8. The van der Waals surface area contributed by atoms with Crippen LogP contribution in [-0.4, -0.2) is 59.4 Å². The lowest BCUT2D eigenvalue weighted by Gasteiger charge is -2.30. The number of hydrogen-bond donors (Lipinski definition) is 5. The van der Waals surface area contributed by atoms with E-state index in [4.69, 9.17) is 0 Å². The molecule has 1 aromatic heterocycles. The van der Waals surface area contributed by atoms with Gasteiger partial charge in [-0.15, -0.1) is 0 Å². The summed E-state index contributed by atoms with van der Waals surface area (Å²) in [7, 11) is 1.95. The van der Waals surface area contributed by atoms with Crippen LogP contribution in [0.4, 0.5) is 11.6 Å². The Morgan fingerprint density at radius 3 is 2.81 bits per heavy atom. The number of nitrogens with one attached hydrogen (secondary N) is 3. The van der Waals surface area contributed by atoms with Gasteiger partial charge in [0.05, 0.1) is 6.10 Å².